The van der Waals surface area contributed by atoms with Gasteiger partial charge in [0.15, 0.2) is 5.03 Å². The Morgan fingerprint density at radius 3 is 2.57 bits per heavy atom. The van der Waals surface area contributed by atoms with Crippen molar-refractivity contribution in [3.05, 3.63) is 30.0 Å². The number of aromatic nitrogens is 3. The Bertz CT molecular complexity index is 1550. The third kappa shape index (κ3) is 6.33. The molecule has 2 aliphatic heterocycles. The standard InChI is InChI=1S/C29H38F3N7O4S/c1-4-16-37-18-10-23(35-37)44(42,43)36-25(40)20-7-8-22(34-24(20)39-17-6-11-27(39,2)3)38-19-9-21(26(38)41)33-15-5-12-28(13-14-28)29(30,31)32/h7-8,10,15,18,21H,4-6,9,11-14,16-17,19H2,1-3H3,(H,36,40). The van der Waals surface area contributed by atoms with E-state index in [1.165, 1.54) is 40.2 Å². The highest BCUT2D eigenvalue weighted by Crippen LogP contribution is 2.60. The number of carbonyl (C=O) groups excluding carboxylic acids is 2. The van der Waals surface area contributed by atoms with Crippen LogP contribution in [0.15, 0.2) is 34.4 Å². The van der Waals surface area contributed by atoms with E-state index in [1.54, 1.807) is 0 Å². The summed E-state index contributed by atoms with van der Waals surface area (Å²) in [5.74, 6) is -0.651. The molecule has 1 atom stereocenters. The van der Waals surface area contributed by atoms with E-state index in [2.05, 4.69) is 14.8 Å². The largest absolute Gasteiger partial charge is 0.394 e. The molecule has 2 saturated heterocycles. The summed E-state index contributed by atoms with van der Waals surface area (Å²) in [6.45, 7) is 7.35. The summed E-state index contributed by atoms with van der Waals surface area (Å²) in [6, 6.07) is 3.55. The average Bonchev–Trinajstić information content (AvgIpc) is 3.24. The van der Waals surface area contributed by atoms with Gasteiger partial charge in [0.1, 0.15) is 17.7 Å². The minimum absolute atomic E-state index is 0.0406. The molecule has 0 radical (unpaired) electrons. The number of carbonyl (C=O) groups is 2. The fourth-order valence-corrected chi connectivity index (χ4v) is 6.85. The van der Waals surface area contributed by atoms with Crippen LogP contribution < -0.4 is 14.5 Å². The predicted molar refractivity (Wildman–Crippen MR) is 158 cm³/mol. The molecule has 15 heteroatoms. The molecule has 2 amide bonds. The highest BCUT2D eigenvalue weighted by Gasteiger charge is 2.62. The normalized spacial score (nSPS) is 21.4. The van der Waals surface area contributed by atoms with Gasteiger partial charge in [0.2, 0.25) is 0 Å². The van der Waals surface area contributed by atoms with Crippen LogP contribution in [0.25, 0.3) is 0 Å². The van der Waals surface area contributed by atoms with Crippen molar-refractivity contribution in [2.24, 2.45) is 10.4 Å². The smallest absolute Gasteiger partial charge is 0.351 e. The van der Waals surface area contributed by atoms with Crippen LogP contribution in [0.3, 0.4) is 0 Å². The number of amides is 2. The zero-order valence-corrected chi connectivity index (χ0v) is 25.9. The second-order valence-electron chi connectivity index (χ2n) is 12.4. The highest BCUT2D eigenvalue weighted by atomic mass is 32.2. The summed E-state index contributed by atoms with van der Waals surface area (Å²) >= 11 is 0. The molecule has 2 aromatic rings. The van der Waals surface area contributed by atoms with Crippen molar-refractivity contribution < 1.29 is 31.2 Å². The Morgan fingerprint density at radius 2 is 1.93 bits per heavy atom. The van der Waals surface area contributed by atoms with E-state index in [1.807, 2.05) is 25.7 Å². The number of rotatable bonds is 11. The number of pyridine rings is 1. The molecular weight excluding hydrogens is 599 g/mol. The number of halogens is 3. The zero-order valence-electron chi connectivity index (χ0n) is 25.1. The van der Waals surface area contributed by atoms with Crippen molar-refractivity contribution in [1.82, 2.24) is 19.5 Å². The SMILES string of the molecule is CCCn1ccc(S(=O)(=O)NC(=O)c2ccc(N3CCC(N=CCCC4(C(F)(F)F)CC4)C3=O)nc2N2CCCC2(C)C)n1. The Kier molecular flexibility index (Phi) is 8.55. The van der Waals surface area contributed by atoms with Gasteiger partial charge in [-0.2, -0.15) is 26.7 Å². The van der Waals surface area contributed by atoms with Gasteiger partial charge < -0.3 is 4.90 Å². The molecule has 2 aromatic heterocycles. The monoisotopic (exact) mass is 637 g/mol. The molecule has 3 fully saturated rings. The van der Waals surface area contributed by atoms with Gasteiger partial charge in [-0.25, -0.2) is 9.71 Å². The summed E-state index contributed by atoms with van der Waals surface area (Å²) < 4.78 is 69.2. The lowest BCUT2D eigenvalue weighted by molar-refractivity contribution is -0.188. The maximum atomic E-state index is 13.4. The van der Waals surface area contributed by atoms with Gasteiger partial charge >= 0.3 is 6.18 Å². The van der Waals surface area contributed by atoms with Crippen molar-refractivity contribution in [2.75, 3.05) is 22.9 Å². The summed E-state index contributed by atoms with van der Waals surface area (Å²) in [4.78, 5) is 39.1. The molecule has 0 aromatic carbocycles. The summed E-state index contributed by atoms with van der Waals surface area (Å²) in [7, 11) is -4.26. The van der Waals surface area contributed by atoms with Crippen LogP contribution in [0.5, 0.6) is 0 Å². The number of hydrogen-bond acceptors (Lipinski definition) is 8. The molecule has 0 spiro atoms. The molecule has 44 heavy (non-hydrogen) atoms. The van der Waals surface area contributed by atoms with Crippen LogP contribution in [-0.4, -0.2) is 72.1 Å². The first-order valence-corrected chi connectivity index (χ1v) is 16.4. The third-order valence-corrected chi connectivity index (χ3v) is 10.0. The summed E-state index contributed by atoms with van der Waals surface area (Å²) in [5.41, 5.74) is -1.95. The second kappa shape index (κ2) is 11.8. The van der Waals surface area contributed by atoms with Crippen LogP contribution in [0.2, 0.25) is 0 Å². The zero-order chi connectivity index (χ0) is 31.9. The third-order valence-electron chi connectivity index (χ3n) is 8.78. The van der Waals surface area contributed by atoms with Gasteiger partial charge in [-0.3, -0.25) is 24.2 Å². The van der Waals surface area contributed by atoms with E-state index >= 15 is 0 Å². The first kappa shape index (κ1) is 31.9. The van der Waals surface area contributed by atoms with E-state index in [4.69, 9.17) is 4.98 Å². The van der Waals surface area contributed by atoms with E-state index in [9.17, 15) is 31.2 Å². The second-order valence-corrected chi connectivity index (χ2v) is 14.0. The van der Waals surface area contributed by atoms with Crippen molar-refractivity contribution in [2.45, 2.75) is 101 Å². The number of hydrogen-bond donors (Lipinski definition) is 1. The Hall–Kier alpha value is -3.49. The number of aliphatic imine (C=N–C) groups is 1. The van der Waals surface area contributed by atoms with Crippen molar-refractivity contribution in [3.63, 3.8) is 0 Å². The van der Waals surface area contributed by atoms with E-state index in [-0.39, 0.29) is 59.4 Å². The van der Waals surface area contributed by atoms with Crippen molar-refractivity contribution in [3.8, 4) is 0 Å². The molecule has 1 unspecified atom stereocenters. The Morgan fingerprint density at radius 1 is 1.18 bits per heavy atom. The lowest BCUT2D eigenvalue weighted by Crippen LogP contribution is -2.41. The van der Waals surface area contributed by atoms with E-state index < -0.39 is 33.6 Å². The molecule has 1 aliphatic carbocycles. The first-order chi connectivity index (χ1) is 20.7. The number of alkyl halides is 3. The highest BCUT2D eigenvalue weighted by molar-refractivity contribution is 7.90. The molecule has 3 aliphatic rings. The van der Waals surface area contributed by atoms with Crippen molar-refractivity contribution in [1.29, 1.82) is 0 Å². The molecule has 1 N–H and O–H groups in total. The molecular formula is C29H38F3N7O4S. The number of aryl methyl sites for hydroxylation is 1. The predicted octanol–water partition coefficient (Wildman–Crippen LogP) is 4.48. The maximum absolute atomic E-state index is 13.4. The van der Waals surface area contributed by atoms with Gasteiger partial charge in [0.25, 0.3) is 21.8 Å². The fourth-order valence-electron chi connectivity index (χ4n) is 5.94. The maximum Gasteiger partial charge on any atom is 0.394 e. The van der Waals surface area contributed by atoms with E-state index in [0.717, 1.165) is 19.3 Å². The molecule has 5 rings (SSSR count). The minimum atomic E-state index is -4.26. The van der Waals surface area contributed by atoms with Gasteiger partial charge in [-0.05, 0) is 89.6 Å². The molecule has 1 saturated carbocycles. The molecule has 11 nitrogen and oxygen atoms in total. The van der Waals surface area contributed by atoms with Gasteiger partial charge in [-0.15, -0.1) is 0 Å². The van der Waals surface area contributed by atoms with Gasteiger partial charge in [0, 0.05) is 31.4 Å². The minimum Gasteiger partial charge on any atom is -0.351 e. The summed E-state index contributed by atoms with van der Waals surface area (Å²) in [5, 5.41) is 3.79. The Balaban J connectivity index is 1.34. The molecule has 240 valence electrons. The van der Waals surface area contributed by atoms with Gasteiger partial charge in [0.05, 0.1) is 11.0 Å². The average molecular weight is 638 g/mol. The summed E-state index contributed by atoms with van der Waals surface area (Å²) in [6.07, 6.45) is 1.88. The number of anilines is 2. The number of nitrogens with zero attached hydrogens (tertiary/aromatic N) is 6. The lowest BCUT2D eigenvalue weighted by Gasteiger charge is -2.34. The lowest BCUT2D eigenvalue weighted by atomic mass is 10.0. The van der Waals surface area contributed by atoms with E-state index in [0.29, 0.717) is 26.1 Å². The quantitative estimate of drug-likeness (QED) is 0.360. The molecule has 4 heterocycles. The van der Waals surface area contributed by atoms with Gasteiger partial charge in [-0.1, -0.05) is 6.92 Å². The number of sulfonamides is 1. The number of nitrogens with one attached hydrogen (secondary N) is 1. The first-order valence-electron chi connectivity index (χ1n) is 15.0. The van der Waals surface area contributed by atoms with Crippen LogP contribution in [0, 0.1) is 5.41 Å². The molecule has 0 bridgehead atoms. The van der Waals surface area contributed by atoms with Crippen LogP contribution in [0.1, 0.15) is 82.5 Å². The van der Waals surface area contributed by atoms with Crippen LogP contribution in [-0.2, 0) is 21.4 Å². The van der Waals surface area contributed by atoms with Crippen molar-refractivity contribution >= 4 is 39.7 Å². The van der Waals surface area contributed by atoms with Crippen LogP contribution in [0.4, 0.5) is 24.8 Å². The fraction of sp³-hybridized carbons (Fsp3) is 0.621. The topological polar surface area (TPSA) is 130 Å². The van der Waals surface area contributed by atoms with Crippen LogP contribution >= 0.6 is 0 Å². The Labute approximate surface area is 255 Å².